The van der Waals surface area contributed by atoms with Gasteiger partial charge in [-0.3, -0.25) is 14.4 Å². The Balaban J connectivity index is 1.47. The van der Waals surface area contributed by atoms with Crippen LogP contribution in [0.4, 0.5) is 14.5 Å². The molecule has 0 radical (unpaired) electrons. The van der Waals surface area contributed by atoms with Crippen molar-refractivity contribution in [3.63, 3.8) is 0 Å². The molecule has 1 aromatic carbocycles. The summed E-state index contributed by atoms with van der Waals surface area (Å²) in [4.78, 5) is 40.5. The van der Waals surface area contributed by atoms with E-state index in [1.165, 1.54) is 0 Å². The molecule has 5 rings (SSSR count). The van der Waals surface area contributed by atoms with Gasteiger partial charge < -0.3 is 20.9 Å². The highest BCUT2D eigenvalue weighted by molar-refractivity contribution is 5.92. The van der Waals surface area contributed by atoms with Gasteiger partial charge in [0.2, 0.25) is 17.7 Å². The van der Waals surface area contributed by atoms with Crippen molar-refractivity contribution < 1.29 is 23.2 Å². The van der Waals surface area contributed by atoms with Crippen molar-refractivity contribution in [3.8, 4) is 6.07 Å². The number of piperidine rings is 3. The fourth-order valence-electron chi connectivity index (χ4n) is 5.68. The number of fused-ring (bicyclic) bond motifs is 3. The van der Waals surface area contributed by atoms with Gasteiger partial charge in [-0.2, -0.15) is 5.26 Å². The van der Waals surface area contributed by atoms with E-state index in [9.17, 15) is 28.4 Å². The zero-order valence-electron chi connectivity index (χ0n) is 19.7. The van der Waals surface area contributed by atoms with Crippen LogP contribution in [0.25, 0.3) is 0 Å². The highest BCUT2D eigenvalue weighted by Crippen LogP contribution is 2.40. The molecule has 0 unspecified atom stereocenters. The number of nitriles is 1. The number of halogens is 2. The lowest BCUT2D eigenvalue weighted by Crippen LogP contribution is -2.65. The molecule has 3 N–H and O–H groups in total. The number of hydrogen-bond acceptors (Lipinski definition) is 5. The topological polar surface area (TPSA) is 114 Å². The maximum Gasteiger partial charge on any atom is 0.245 e. The van der Waals surface area contributed by atoms with Crippen molar-refractivity contribution in [2.45, 2.75) is 76.0 Å². The third-order valence-corrected chi connectivity index (χ3v) is 7.47. The van der Waals surface area contributed by atoms with Crippen molar-refractivity contribution in [2.75, 3.05) is 11.9 Å². The first kappa shape index (κ1) is 24.9. The average Bonchev–Trinajstić information content (AvgIpc) is 2.86. The smallest absolute Gasteiger partial charge is 0.245 e. The van der Waals surface area contributed by atoms with Gasteiger partial charge in [0, 0.05) is 18.5 Å². The molecule has 3 amide bonds. The number of amides is 3. The van der Waals surface area contributed by atoms with Crippen molar-refractivity contribution in [3.05, 3.63) is 29.8 Å². The Labute approximate surface area is 203 Å². The molecule has 3 heterocycles. The SMILES string of the molecule is C[C@H](Nc1cc(F)ccc1F)C(=O)N1C2CCC(CC2)[C@H]1C(=O)N[C@@H](C#N)C[C@@H]1CCCNC1=O. The maximum atomic E-state index is 14.1. The summed E-state index contributed by atoms with van der Waals surface area (Å²) >= 11 is 0. The van der Waals surface area contributed by atoms with Crippen LogP contribution < -0.4 is 16.0 Å². The van der Waals surface area contributed by atoms with Crippen LogP contribution in [-0.2, 0) is 14.4 Å². The summed E-state index contributed by atoms with van der Waals surface area (Å²) < 4.78 is 27.7. The molecule has 8 nitrogen and oxygen atoms in total. The molecule has 1 aliphatic carbocycles. The molecular formula is C25H31F2N5O3. The number of benzene rings is 1. The van der Waals surface area contributed by atoms with Gasteiger partial charge in [0.05, 0.1) is 11.8 Å². The zero-order chi connectivity index (χ0) is 25.1. The van der Waals surface area contributed by atoms with E-state index in [0.29, 0.717) is 13.0 Å². The summed E-state index contributed by atoms with van der Waals surface area (Å²) in [6.07, 6.45) is 4.85. The van der Waals surface area contributed by atoms with Crippen LogP contribution in [-0.4, -0.2) is 53.3 Å². The van der Waals surface area contributed by atoms with Crippen LogP contribution in [0.15, 0.2) is 18.2 Å². The summed E-state index contributed by atoms with van der Waals surface area (Å²) in [5, 5.41) is 18.0. The second kappa shape index (κ2) is 10.6. The highest BCUT2D eigenvalue weighted by Gasteiger charge is 2.48. The van der Waals surface area contributed by atoms with E-state index in [2.05, 4.69) is 22.0 Å². The summed E-state index contributed by atoms with van der Waals surface area (Å²) in [6.45, 7) is 2.18. The van der Waals surface area contributed by atoms with Gasteiger partial charge in [-0.15, -0.1) is 0 Å². The molecular weight excluding hydrogens is 456 g/mol. The zero-order valence-corrected chi connectivity index (χ0v) is 19.7. The second-order valence-corrected chi connectivity index (χ2v) is 9.81. The molecule has 3 aliphatic heterocycles. The third-order valence-electron chi connectivity index (χ3n) is 7.47. The Morgan fingerprint density at radius 3 is 2.66 bits per heavy atom. The first-order valence-electron chi connectivity index (χ1n) is 12.3. The Morgan fingerprint density at radius 2 is 1.97 bits per heavy atom. The van der Waals surface area contributed by atoms with Gasteiger partial charge in [-0.25, -0.2) is 8.78 Å². The van der Waals surface area contributed by atoms with Gasteiger partial charge in [-0.1, -0.05) is 0 Å². The lowest BCUT2D eigenvalue weighted by atomic mass is 9.74. The first-order chi connectivity index (χ1) is 16.8. The number of nitrogens with zero attached hydrogens (tertiary/aromatic N) is 2. The summed E-state index contributed by atoms with van der Waals surface area (Å²) in [5.74, 6) is -2.56. The van der Waals surface area contributed by atoms with Crippen molar-refractivity contribution in [2.24, 2.45) is 11.8 Å². The first-order valence-corrected chi connectivity index (χ1v) is 12.3. The molecule has 3 saturated heterocycles. The van der Waals surface area contributed by atoms with Crippen LogP contribution in [0.1, 0.15) is 51.9 Å². The molecule has 1 saturated carbocycles. The quantitative estimate of drug-likeness (QED) is 0.547. The van der Waals surface area contributed by atoms with Gasteiger partial charge in [0.1, 0.15) is 29.8 Å². The predicted molar refractivity (Wildman–Crippen MR) is 124 cm³/mol. The molecule has 1 aromatic rings. The second-order valence-electron chi connectivity index (χ2n) is 9.81. The molecule has 188 valence electrons. The summed E-state index contributed by atoms with van der Waals surface area (Å²) in [7, 11) is 0. The van der Waals surface area contributed by atoms with Crippen LogP contribution in [0.5, 0.6) is 0 Å². The number of hydrogen-bond donors (Lipinski definition) is 3. The predicted octanol–water partition coefficient (Wildman–Crippen LogP) is 2.46. The number of carbonyl (C=O) groups is 3. The lowest BCUT2D eigenvalue weighted by Gasteiger charge is -2.51. The van der Waals surface area contributed by atoms with E-state index in [-0.39, 0.29) is 41.8 Å². The van der Waals surface area contributed by atoms with E-state index >= 15 is 0 Å². The summed E-state index contributed by atoms with van der Waals surface area (Å²) in [5.41, 5.74) is -0.121. The van der Waals surface area contributed by atoms with Crippen LogP contribution in [0.3, 0.4) is 0 Å². The highest BCUT2D eigenvalue weighted by atomic mass is 19.1. The van der Waals surface area contributed by atoms with E-state index in [1.54, 1.807) is 11.8 Å². The van der Waals surface area contributed by atoms with Gasteiger partial charge in [0.25, 0.3) is 0 Å². The molecule has 0 aromatic heterocycles. The molecule has 4 atom stereocenters. The molecule has 10 heteroatoms. The largest absolute Gasteiger partial charge is 0.371 e. The van der Waals surface area contributed by atoms with Gasteiger partial charge >= 0.3 is 0 Å². The van der Waals surface area contributed by atoms with Crippen molar-refractivity contribution >= 4 is 23.4 Å². The minimum absolute atomic E-state index is 0.0422. The number of carbonyl (C=O) groups excluding carboxylic acids is 3. The number of rotatable bonds is 7. The van der Waals surface area contributed by atoms with E-state index in [1.807, 2.05) is 0 Å². The minimum Gasteiger partial charge on any atom is -0.371 e. The summed E-state index contributed by atoms with van der Waals surface area (Å²) in [6, 6.07) is 2.46. The molecule has 35 heavy (non-hydrogen) atoms. The van der Waals surface area contributed by atoms with Crippen LogP contribution in [0, 0.1) is 34.8 Å². The van der Waals surface area contributed by atoms with Crippen LogP contribution in [0.2, 0.25) is 0 Å². The van der Waals surface area contributed by atoms with Crippen molar-refractivity contribution in [1.29, 1.82) is 5.26 Å². The van der Waals surface area contributed by atoms with Gasteiger partial charge in [-0.05, 0) is 76.0 Å². The minimum atomic E-state index is -0.890. The molecule has 4 aliphatic rings. The Bertz CT molecular complexity index is 1020. The number of nitrogens with one attached hydrogen (secondary N) is 3. The molecule has 2 bridgehead atoms. The average molecular weight is 488 g/mol. The van der Waals surface area contributed by atoms with E-state index < -0.39 is 35.7 Å². The third kappa shape index (κ3) is 5.39. The van der Waals surface area contributed by atoms with Gasteiger partial charge in [0.15, 0.2) is 0 Å². The fraction of sp³-hybridized carbons (Fsp3) is 0.600. The normalized spacial score (nSPS) is 27.4. The standard InChI is InChI=1S/C25H31F2N5O3/c1-14(30-21-12-17(26)6-9-20(21)27)25(35)32-19-7-4-15(5-8-19)22(32)24(34)31-18(13-28)11-16-3-2-10-29-23(16)33/h6,9,12,14-16,18-19,22,30H,2-5,7-8,10-11H2,1H3,(H,29,33)(H,31,34)/t14-,15?,16-,18+,19?,22-/m0/s1. The van der Waals surface area contributed by atoms with E-state index in [0.717, 1.165) is 50.3 Å². The molecule has 0 spiro atoms. The lowest BCUT2D eigenvalue weighted by molar-refractivity contribution is -0.154. The maximum absolute atomic E-state index is 14.1. The van der Waals surface area contributed by atoms with Crippen molar-refractivity contribution in [1.82, 2.24) is 15.5 Å². The Kier molecular flexibility index (Phi) is 7.53. The monoisotopic (exact) mass is 487 g/mol. The Morgan fingerprint density at radius 1 is 1.23 bits per heavy atom. The van der Waals surface area contributed by atoms with Crippen LogP contribution >= 0.6 is 0 Å². The Hall–Kier alpha value is -3.22. The molecule has 4 fully saturated rings. The fourth-order valence-corrected chi connectivity index (χ4v) is 5.68. The van der Waals surface area contributed by atoms with E-state index in [4.69, 9.17) is 0 Å². The number of anilines is 1.